The molecule has 2 rings (SSSR count). The molecule has 25 heavy (non-hydrogen) atoms. The van der Waals surface area contributed by atoms with Gasteiger partial charge in [0, 0.05) is 20.0 Å². The van der Waals surface area contributed by atoms with Crippen molar-refractivity contribution in [3.05, 3.63) is 71.3 Å². The third-order valence-corrected chi connectivity index (χ3v) is 4.32. The number of hydrogen-bond acceptors (Lipinski definition) is 2. The first-order valence-corrected chi connectivity index (χ1v) is 8.62. The maximum absolute atomic E-state index is 12.8. The minimum absolute atomic E-state index is 0.0125. The van der Waals surface area contributed by atoms with Crippen LogP contribution in [0.2, 0.25) is 0 Å². The molecule has 0 aliphatic rings. The average Bonchev–Trinajstić information content (AvgIpc) is 2.64. The van der Waals surface area contributed by atoms with E-state index in [1.807, 2.05) is 61.5 Å². The Morgan fingerprint density at radius 1 is 1.04 bits per heavy atom. The van der Waals surface area contributed by atoms with Crippen molar-refractivity contribution in [2.45, 2.75) is 39.3 Å². The van der Waals surface area contributed by atoms with Crippen molar-refractivity contribution < 1.29 is 9.59 Å². The van der Waals surface area contributed by atoms with Crippen LogP contribution in [0.1, 0.15) is 30.0 Å². The van der Waals surface area contributed by atoms with E-state index in [4.69, 9.17) is 0 Å². The van der Waals surface area contributed by atoms with Gasteiger partial charge in [-0.15, -0.1) is 0 Å². The SMILES string of the molecule is CNC(=O)[C@H](C)N(Cc1cccc(C)c1)C(=O)CCc1ccccc1. The highest BCUT2D eigenvalue weighted by Crippen LogP contribution is 2.14. The molecule has 0 fully saturated rings. The summed E-state index contributed by atoms with van der Waals surface area (Å²) in [7, 11) is 1.60. The molecule has 0 heterocycles. The summed E-state index contributed by atoms with van der Waals surface area (Å²) in [4.78, 5) is 26.6. The molecular weight excluding hydrogens is 312 g/mol. The predicted molar refractivity (Wildman–Crippen MR) is 100 cm³/mol. The minimum atomic E-state index is -0.506. The van der Waals surface area contributed by atoms with Gasteiger partial charge in [0.25, 0.3) is 0 Å². The molecule has 0 saturated carbocycles. The van der Waals surface area contributed by atoms with Gasteiger partial charge in [-0.1, -0.05) is 60.2 Å². The lowest BCUT2D eigenvalue weighted by molar-refractivity contribution is -0.140. The second-order valence-electron chi connectivity index (χ2n) is 6.29. The zero-order chi connectivity index (χ0) is 18.2. The number of nitrogens with zero attached hydrogens (tertiary/aromatic N) is 1. The highest BCUT2D eigenvalue weighted by Gasteiger charge is 2.25. The molecule has 1 atom stereocenters. The van der Waals surface area contributed by atoms with Crippen LogP contribution < -0.4 is 5.32 Å². The molecule has 2 amide bonds. The van der Waals surface area contributed by atoms with Crippen LogP contribution in [0.3, 0.4) is 0 Å². The number of benzene rings is 2. The van der Waals surface area contributed by atoms with Crippen LogP contribution in [-0.2, 0) is 22.6 Å². The quantitative estimate of drug-likeness (QED) is 0.843. The molecule has 2 aromatic rings. The summed E-state index contributed by atoms with van der Waals surface area (Å²) >= 11 is 0. The molecule has 0 unspecified atom stereocenters. The lowest BCUT2D eigenvalue weighted by Crippen LogP contribution is -2.46. The molecule has 0 aromatic heterocycles. The van der Waals surface area contributed by atoms with Crippen LogP contribution >= 0.6 is 0 Å². The molecule has 2 aromatic carbocycles. The summed E-state index contributed by atoms with van der Waals surface area (Å²) in [6.07, 6.45) is 1.06. The number of rotatable bonds is 7. The van der Waals surface area contributed by atoms with Gasteiger partial charge in [0.15, 0.2) is 0 Å². The molecule has 0 radical (unpaired) electrons. The number of carbonyl (C=O) groups is 2. The molecule has 4 heteroatoms. The van der Waals surface area contributed by atoms with Crippen molar-refractivity contribution in [3.8, 4) is 0 Å². The summed E-state index contributed by atoms with van der Waals surface area (Å²) in [6, 6.07) is 17.5. The van der Waals surface area contributed by atoms with E-state index in [0.717, 1.165) is 16.7 Å². The number of nitrogens with one attached hydrogen (secondary N) is 1. The molecule has 0 aliphatic carbocycles. The number of amides is 2. The lowest BCUT2D eigenvalue weighted by atomic mass is 10.1. The smallest absolute Gasteiger partial charge is 0.242 e. The second kappa shape index (κ2) is 9.02. The molecule has 132 valence electrons. The molecule has 0 aliphatic heterocycles. The van der Waals surface area contributed by atoms with E-state index in [9.17, 15) is 9.59 Å². The number of aryl methyl sites for hydroxylation is 2. The lowest BCUT2D eigenvalue weighted by Gasteiger charge is -2.28. The Balaban J connectivity index is 2.12. The van der Waals surface area contributed by atoms with E-state index in [1.54, 1.807) is 18.9 Å². The maximum atomic E-state index is 12.8. The van der Waals surface area contributed by atoms with E-state index in [1.165, 1.54) is 0 Å². The van der Waals surface area contributed by atoms with Gasteiger partial charge in [-0.3, -0.25) is 9.59 Å². The maximum Gasteiger partial charge on any atom is 0.242 e. The topological polar surface area (TPSA) is 49.4 Å². The van der Waals surface area contributed by atoms with Gasteiger partial charge < -0.3 is 10.2 Å². The highest BCUT2D eigenvalue weighted by atomic mass is 16.2. The number of carbonyl (C=O) groups excluding carboxylic acids is 2. The van der Waals surface area contributed by atoms with Gasteiger partial charge in [-0.25, -0.2) is 0 Å². The van der Waals surface area contributed by atoms with Crippen molar-refractivity contribution >= 4 is 11.8 Å². The first kappa shape index (κ1) is 18.7. The van der Waals surface area contributed by atoms with E-state index in [2.05, 4.69) is 5.32 Å². The van der Waals surface area contributed by atoms with Crippen molar-refractivity contribution in [1.29, 1.82) is 0 Å². The van der Waals surface area contributed by atoms with Crippen LogP contribution in [0, 0.1) is 6.92 Å². The summed E-state index contributed by atoms with van der Waals surface area (Å²) < 4.78 is 0. The summed E-state index contributed by atoms with van der Waals surface area (Å²) in [6.45, 7) is 4.23. The number of hydrogen-bond donors (Lipinski definition) is 1. The Bertz CT molecular complexity index is 713. The Morgan fingerprint density at radius 3 is 2.36 bits per heavy atom. The minimum Gasteiger partial charge on any atom is -0.357 e. The van der Waals surface area contributed by atoms with Crippen LogP contribution in [-0.4, -0.2) is 29.8 Å². The van der Waals surface area contributed by atoms with E-state index in [0.29, 0.717) is 19.4 Å². The van der Waals surface area contributed by atoms with Gasteiger partial charge in [0.05, 0.1) is 0 Å². The molecule has 0 spiro atoms. The van der Waals surface area contributed by atoms with Crippen LogP contribution in [0.4, 0.5) is 0 Å². The monoisotopic (exact) mass is 338 g/mol. The molecule has 1 N–H and O–H groups in total. The fraction of sp³-hybridized carbons (Fsp3) is 0.333. The Morgan fingerprint density at radius 2 is 1.72 bits per heavy atom. The largest absolute Gasteiger partial charge is 0.357 e. The third kappa shape index (κ3) is 5.45. The first-order chi connectivity index (χ1) is 12.0. The van der Waals surface area contributed by atoms with Gasteiger partial charge in [0.2, 0.25) is 11.8 Å². The van der Waals surface area contributed by atoms with Crippen molar-refractivity contribution in [1.82, 2.24) is 10.2 Å². The van der Waals surface area contributed by atoms with Gasteiger partial charge in [-0.2, -0.15) is 0 Å². The summed E-state index contributed by atoms with van der Waals surface area (Å²) in [5.74, 6) is -0.165. The standard InChI is InChI=1S/C21H26N2O2/c1-16-8-7-11-19(14-16)15-23(17(2)21(25)22-3)20(24)13-12-18-9-5-4-6-10-18/h4-11,14,17H,12-13,15H2,1-3H3,(H,22,25)/t17-/m0/s1. The Hall–Kier alpha value is -2.62. The Kier molecular flexibility index (Phi) is 6.75. The average molecular weight is 338 g/mol. The van der Waals surface area contributed by atoms with Crippen molar-refractivity contribution in [2.75, 3.05) is 7.05 Å². The molecule has 4 nitrogen and oxygen atoms in total. The van der Waals surface area contributed by atoms with Crippen molar-refractivity contribution in [3.63, 3.8) is 0 Å². The third-order valence-electron chi connectivity index (χ3n) is 4.32. The summed E-state index contributed by atoms with van der Waals surface area (Å²) in [5, 5.41) is 2.64. The van der Waals surface area contributed by atoms with E-state index >= 15 is 0 Å². The van der Waals surface area contributed by atoms with Crippen LogP contribution in [0.5, 0.6) is 0 Å². The zero-order valence-electron chi connectivity index (χ0n) is 15.2. The van der Waals surface area contributed by atoms with Gasteiger partial charge >= 0.3 is 0 Å². The number of likely N-dealkylation sites (N-methyl/N-ethyl adjacent to an activating group) is 1. The van der Waals surface area contributed by atoms with E-state index in [-0.39, 0.29) is 11.8 Å². The van der Waals surface area contributed by atoms with E-state index < -0.39 is 6.04 Å². The van der Waals surface area contributed by atoms with Crippen LogP contribution in [0.25, 0.3) is 0 Å². The highest BCUT2D eigenvalue weighted by molar-refractivity contribution is 5.87. The van der Waals surface area contributed by atoms with Crippen molar-refractivity contribution in [2.24, 2.45) is 0 Å². The molecule has 0 bridgehead atoms. The fourth-order valence-electron chi connectivity index (χ4n) is 2.84. The predicted octanol–water partition coefficient (Wildman–Crippen LogP) is 3.09. The van der Waals surface area contributed by atoms with Crippen LogP contribution in [0.15, 0.2) is 54.6 Å². The zero-order valence-corrected chi connectivity index (χ0v) is 15.2. The molecular formula is C21H26N2O2. The fourth-order valence-corrected chi connectivity index (χ4v) is 2.84. The molecule has 0 saturated heterocycles. The summed E-state index contributed by atoms with van der Waals surface area (Å²) in [5.41, 5.74) is 3.30. The van der Waals surface area contributed by atoms with Gasteiger partial charge in [0.1, 0.15) is 6.04 Å². The van der Waals surface area contributed by atoms with Gasteiger partial charge in [-0.05, 0) is 31.4 Å². The normalized spacial score (nSPS) is 11.6. The Labute approximate surface area is 149 Å². The second-order valence-corrected chi connectivity index (χ2v) is 6.29. The first-order valence-electron chi connectivity index (χ1n) is 8.62.